The number of hydrogen-bond donors (Lipinski definition) is 1. The Morgan fingerprint density at radius 3 is 2.62 bits per heavy atom. The zero-order chi connectivity index (χ0) is 21.0. The van der Waals surface area contributed by atoms with E-state index < -0.39 is 15.9 Å². The summed E-state index contributed by atoms with van der Waals surface area (Å²) in [7, 11) is -3.75. The summed E-state index contributed by atoms with van der Waals surface area (Å²) in [5.74, 6) is -0.126. The van der Waals surface area contributed by atoms with Gasteiger partial charge in [-0.3, -0.25) is 4.79 Å². The molecule has 0 aromatic heterocycles. The Hall–Kier alpha value is -2.09. The van der Waals surface area contributed by atoms with Gasteiger partial charge in [-0.2, -0.15) is 4.31 Å². The zero-order valence-corrected chi connectivity index (χ0v) is 18.1. The van der Waals surface area contributed by atoms with Gasteiger partial charge < -0.3 is 10.1 Å². The number of piperidine rings is 1. The fourth-order valence-corrected chi connectivity index (χ4v) is 5.17. The van der Waals surface area contributed by atoms with Crippen molar-refractivity contribution in [3.63, 3.8) is 0 Å². The highest BCUT2D eigenvalue weighted by Crippen LogP contribution is 2.30. The van der Waals surface area contributed by atoms with E-state index in [1.54, 1.807) is 6.07 Å². The summed E-state index contributed by atoms with van der Waals surface area (Å²) in [6.07, 6.45) is 1.27. The maximum absolute atomic E-state index is 13.1. The van der Waals surface area contributed by atoms with E-state index in [2.05, 4.69) is 5.32 Å². The number of aryl methyl sites for hydroxylation is 1. The normalized spacial score (nSPS) is 17.7. The average molecular weight is 437 g/mol. The molecular formula is C21H25ClN2O4S. The van der Waals surface area contributed by atoms with E-state index in [1.807, 2.05) is 38.1 Å². The standard InChI is InChI=1S/C21H25ClN2O4S/c1-3-28-20-11-10-18(13-19(20)22)29(26,27)24-12-4-5-16(14-24)21(25)23-17-8-6-15(2)7-9-17/h6-11,13,16H,3-5,12,14H2,1-2H3,(H,23,25)/t16-/m0/s1. The number of anilines is 1. The van der Waals surface area contributed by atoms with Crippen LogP contribution in [0.5, 0.6) is 5.75 Å². The van der Waals surface area contributed by atoms with Gasteiger partial charge in [0.2, 0.25) is 15.9 Å². The number of benzene rings is 2. The van der Waals surface area contributed by atoms with Crippen LogP contribution in [0, 0.1) is 12.8 Å². The average Bonchev–Trinajstić information content (AvgIpc) is 2.71. The number of carbonyl (C=O) groups excluding carboxylic acids is 1. The Kier molecular flexibility index (Phi) is 6.82. The molecule has 0 aliphatic carbocycles. The number of hydrogen-bond acceptors (Lipinski definition) is 4. The van der Waals surface area contributed by atoms with Crippen molar-refractivity contribution >= 4 is 33.2 Å². The molecule has 1 amide bonds. The van der Waals surface area contributed by atoms with E-state index >= 15 is 0 Å². The fourth-order valence-electron chi connectivity index (χ4n) is 3.32. The van der Waals surface area contributed by atoms with Crippen LogP contribution in [0.4, 0.5) is 5.69 Å². The van der Waals surface area contributed by atoms with Crippen molar-refractivity contribution in [2.45, 2.75) is 31.6 Å². The minimum Gasteiger partial charge on any atom is -0.492 e. The molecule has 1 fully saturated rings. The van der Waals surface area contributed by atoms with Crippen LogP contribution in [-0.2, 0) is 14.8 Å². The number of amides is 1. The molecule has 0 unspecified atom stereocenters. The third-order valence-corrected chi connectivity index (χ3v) is 7.07. The molecule has 1 heterocycles. The predicted octanol–water partition coefficient (Wildman–Crippen LogP) is 4.09. The lowest BCUT2D eigenvalue weighted by molar-refractivity contribution is -0.120. The van der Waals surface area contributed by atoms with E-state index in [-0.39, 0.29) is 22.4 Å². The number of halogens is 1. The number of ether oxygens (including phenoxy) is 1. The molecule has 1 aliphatic heterocycles. The first-order valence-corrected chi connectivity index (χ1v) is 11.4. The molecule has 2 aromatic carbocycles. The van der Waals surface area contributed by atoms with Gasteiger partial charge in [0.1, 0.15) is 5.75 Å². The third-order valence-electron chi connectivity index (χ3n) is 4.91. The molecule has 1 aliphatic rings. The number of carbonyl (C=O) groups is 1. The van der Waals surface area contributed by atoms with E-state index in [9.17, 15) is 13.2 Å². The lowest BCUT2D eigenvalue weighted by atomic mass is 9.98. The van der Waals surface area contributed by atoms with Gasteiger partial charge in [-0.25, -0.2) is 8.42 Å². The predicted molar refractivity (Wildman–Crippen MR) is 114 cm³/mol. The smallest absolute Gasteiger partial charge is 0.243 e. The van der Waals surface area contributed by atoms with Gasteiger partial charge in [-0.15, -0.1) is 0 Å². The van der Waals surface area contributed by atoms with Crippen LogP contribution in [0.1, 0.15) is 25.3 Å². The molecule has 0 radical (unpaired) electrons. The van der Waals surface area contributed by atoms with Gasteiger partial charge in [0.15, 0.2) is 0 Å². The van der Waals surface area contributed by atoms with Crippen LogP contribution < -0.4 is 10.1 Å². The molecule has 8 heteroatoms. The summed E-state index contributed by atoms with van der Waals surface area (Å²) in [5.41, 5.74) is 1.81. The number of sulfonamides is 1. The van der Waals surface area contributed by atoms with Crippen molar-refractivity contribution in [2.24, 2.45) is 5.92 Å². The number of nitrogens with one attached hydrogen (secondary N) is 1. The SMILES string of the molecule is CCOc1ccc(S(=O)(=O)N2CCC[C@H](C(=O)Nc3ccc(C)cc3)C2)cc1Cl. The third kappa shape index (κ3) is 5.10. The van der Waals surface area contributed by atoms with E-state index in [0.717, 1.165) is 5.56 Å². The highest BCUT2D eigenvalue weighted by molar-refractivity contribution is 7.89. The first-order chi connectivity index (χ1) is 13.8. The minimum absolute atomic E-state index is 0.102. The molecule has 6 nitrogen and oxygen atoms in total. The highest BCUT2D eigenvalue weighted by Gasteiger charge is 2.33. The van der Waals surface area contributed by atoms with Crippen molar-refractivity contribution in [3.05, 3.63) is 53.1 Å². The van der Waals surface area contributed by atoms with Gasteiger partial charge in [0.05, 0.1) is 22.4 Å². The Morgan fingerprint density at radius 1 is 1.24 bits per heavy atom. The lowest BCUT2D eigenvalue weighted by Crippen LogP contribution is -2.43. The van der Waals surface area contributed by atoms with Crippen LogP contribution >= 0.6 is 11.6 Å². The zero-order valence-electron chi connectivity index (χ0n) is 16.5. The van der Waals surface area contributed by atoms with Crippen molar-refractivity contribution in [3.8, 4) is 5.75 Å². The van der Waals surface area contributed by atoms with Crippen molar-refractivity contribution in [2.75, 3.05) is 25.0 Å². The minimum atomic E-state index is -3.75. The van der Waals surface area contributed by atoms with Crippen molar-refractivity contribution < 1.29 is 17.9 Å². The van der Waals surface area contributed by atoms with E-state index in [1.165, 1.54) is 16.4 Å². The molecule has 1 saturated heterocycles. The molecule has 2 aromatic rings. The van der Waals surface area contributed by atoms with Gasteiger partial charge >= 0.3 is 0 Å². The van der Waals surface area contributed by atoms with Crippen molar-refractivity contribution in [1.82, 2.24) is 4.31 Å². The summed E-state index contributed by atoms with van der Waals surface area (Å²) >= 11 is 6.16. The van der Waals surface area contributed by atoms with Gasteiger partial charge in [0.25, 0.3) is 0 Å². The second kappa shape index (κ2) is 9.15. The van der Waals surface area contributed by atoms with Crippen LogP contribution in [0.2, 0.25) is 5.02 Å². The molecule has 3 rings (SSSR count). The second-order valence-electron chi connectivity index (χ2n) is 7.08. The summed E-state index contributed by atoms with van der Waals surface area (Å²) in [5, 5.41) is 3.13. The van der Waals surface area contributed by atoms with Crippen LogP contribution in [0.25, 0.3) is 0 Å². The van der Waals surface area contributed by atoms with Crippen LogP contribution in [-0.4, -0.2) is 38.3 Å². The summed E-state index contributed by atoms with van der Waals surface area (Å²) in [4.78, 5) is 12.8. The molecular weight excluding hydrogens is 412 g/mol. The van der Waals surface area contributed by atoms with E-state index in [0.29, 0.717) is 37.4 Å². The van der Waals surface area contributed by atoms with Gasteiger partial charge in [0, 0.05) is 18.8 Å². The maximum atomic E-state index is 13.1. The molecule has 0 saturated carbocycles. The topological polar surface area (TPSA) is 75.7 Å². The molecule has 156 valence electrons. The monoisotopic (exact) mass is 436 g/mol. The Balaban J connectivity index is 1.72. The summed E-state index contributed by atoms with van der Waals surface area (Å²) < 4.78 is 32.9. The first-order valence-electron chi connectivity index (χ1n) is 9.61. The second-order valence-corrected chi connectivity index (χ2v) is 9.43. The maximum Gasteiger partial charge on any atom is 0.243 e. The Morgan fingerprint density at radius 2 is 1.97 bits per heavy atom. The Bertz CT molecular complexity index is 977. The highest BCUT2D eigenvalue weighted by atomic mass is 35.5. The first kappa shape index (κ1) is 21.6. The van der Waals surface area contributed by atoms with E-state index in [4.69, 9.17) is 16.3 Å². The molecule has 1 N–H and O–H groups in total. The Labute approximate surface area is 176 Å². The van der Waals surface area contributed by atoms with Crippen molar-refractivity contribution in [1.29, 1.82) is 0 Å². The summed E-state index contributed by atoms with van der Waals surface area (Å²) in [6.45, 7) is 4.77. The van der Waals surface area contributed by atoms with Gasteiger partial charge in [-0.05, 0) is 57.0 Å². The molecule has 0 spiro atoms. The van der Waals surface area contributed by atoms with Crippen LogP contribution in [0.3, 0.4) is 0 Å². The lowest BCUT2D eigenvalue weighted by Gasteiger charge is -2.31. The van der Waals surface area contributed by atoms with Crippen LogP contribution in [0.15, 0.2) is 47.4 Å². The summed E-state index contributed by atoms with van der Waals surface area (Å²) in [6, 6.07) is 12.0. The quantitative estimate of drug-likeness (QED) is 0.740. The largest absolute Gasteiger partial charge is 0.492 e. The molecule has 29 heavy (non-hydrogen) atoms. The molecule has 0 bridgehead atoms. The van der Waals surface area contributed by atoms with Gasteiger partial charge in [-0.1, -0.05) is 29.3 Å². The molecule has 1 atom stereocenters. The number of rotatable bonds is 6. The number of nitrogens with zero attached hydrogens (tertiary/aromatic N) is 1. The fraction of sp³-hybridized carbons (Fsp3) is 0.381.